The number of nitriles is 1. The fourth-order valence-electron chi connectivity index (χ4n) is 3.81. The lowest BCUT2D eigenvalue weighted by atomic mass is 10.0. The van der Waals surface area contributed by atoms with Crippen LogP contribution in [0.3, 0.4) is 0 Å². The Balaban J connectivity index is 1.67. The number of amides is 1. The van der Waals surface area contributed by atoms with E-state index >= 15 is 0 Å². The highest BCUT2D eigenvalue weighted by Gasteiger charge is 2.19. The molecular weight excluding hydrogens is 404 g/mol. The van der Waals surface area contributed by atoms with E-state index in [0.717, 1.165) is 27.9 Å². The summed E-state index contributed by atoms with van der Waals surface area (Å²) in [6.07, 6.45) is 0. The maximum absolute atomic E-state index is 12.6. The minimum absolute atomic E-state index is 0.248. The van der Waals surface area contributed by atoms with E-state index in [2.05, 4.69) is 21.4 Å². The largest absolute Gasteiger partial charge is 0.497 e. The van der Waals surface area contributed by atoms with Crippen LogP contribution in [0.2, 0.25) is 0 Å². The van der Waals surface area contributed by atoms with Gasteiger partial charge in [0, 0.05) is 29.2 Å². The van der Waals surface area contributed by atoms with Gasteiger partial charge in [-0.3, -0.25) is 15.5 Å². The highest BCUT2D eigenvalue weighted by Crippen LogP contribution is 2.35. The number of rotatable bonds is 6. The van der Waals surface area contributed by atoms with Crippen molar-refractivity contribution in [2.45, 2.75) is 13.5 Å². The van der Waals surface area contributed by atoms with Crippen molar-refractivity contribution < 1.29 is 14.7 Å². The van der Waals surface area contributed by atoms with E-state index in [0.29, 0.717) is 29.0 Å². The second-order valence-corrected chi connectivity index (χ2v) is 7.18. The molecule has 0 aliphatic heterocycles. The number of carbonyl (C=O) groups excluding carboxylic acids is 1. The number of carbonyl (C=O) groups is 1. The maximum Gasteiger partial charge on any atom is 0.255 e. The molecule has 0 spiro atoms. The van der Waals surface area contributed by atoms with Crippen molar-refractivity contribution in [2.24, 2.45) is 0 Å². The number of methoxy groups -OCH3 is 1. The molecule has 32 heavy (non-hydrogen) atoms. The van der Waals surface area contributed by atoms with Crippen molar-refractivity contribution in [1.82, 2.24) is 4.57 Å². The summed E-state index contributed by atoms with van der Waals surface area (Å²) in [6.45, 7) is 2.71. The van der Waals surface area contributed by atoms with E-state index in [1.807, 2.05) is 37.3 Å². The highest BCUT2D eigenvalue weighted by atomic mass is 16.5. The van der Waals surface area contributed by atoms with E-state index in [1.165, 1.54) is 0 Å². The molecule has 3 N–H and O–H groups in total. The monoisotopic (exact) mass is 426 g/mol. The topological polar surface area (TPSA) is 99.3 Å². The van der Waals surface area contributed by atoms with Crippen LogP contribution in [0.15, 0.2) is 66.7 Å². The van der Waals surface area contributed by atoms with Gasteiger partial charge in [-0.15, -0.1) is 0 Å². The zero-order chi connectivity index (χ0) is 22.7. The van der Waals surface area contributed by atoms with E-state index < -0.39 is 0 Å². The van der Waals surface area contributed by atoms with Crippen LogP contribution in [0.4, 0.5) is 11.4 Å². The average molecular weight is 426 g/mol. The number of nitrogens with zero attached hydrogens (tertiary/aromatic N) is 2. The first kappa shape index (κ1) is 21.0. The van der Waals surface area contributed by atoms with Gasteiger partial charge in [0.1, 0.15) is 11.8 Å². The molecule has 0 unspecified atom stereocenters. The Bertz CT molecular complexity index is 1320. The third-order valence-electron chi connectivity index (χ3n) is 5.39. The number of hydrogen-bond acceptors (Lipinski definition) is 5. The van der Waals surface area contributed by atoms with Gasteiger partial charge in [0.15, 0.2) is 0 Å². The van der Waals surface area contributed by atoms with Crippen LogP contribution >= 0.6 is 0 Å². The molecule has 0 aliphatic carbocycles. The summed E-state index contributed by atoms with van der Waals surface area (Å²) in [5.74, 6) is 0.484. The Morgan fingerprint density at radius 1 is 1.06 bits per heavy atom. The lowest BCUT2D eigenvalue weighted by Gasteiger charge is -2.10. The third kappa shape index (κ3) is 3.75. The van der Waals surface area contributed by atoms with Gasteiger partial charge < -0.3 is 14.6 Å². The molecule has 0 saturated heterocycles. The highest BCUT2D eigenvalue weighted by molar-refractivity contribution is 6.04. The number of aryl methyl sites for hydroxylation is 1. The van der Waals surface area contributed by atoms with Crippen LogP contribution in [0, 0.1) is 11.3 Å². The summed E-state index contributed by atoms with van der Waals surface area (Å²) in [5.41, 5.74) is 6.90. The first-order chi connectivity index (χ1) is 15.6. The van der Waals surface area contributed by atoms with Gasteiger partial charge in [-0.25, -0.2) is 0 Å². The molecule has 1 amide bonds. The first-order valence-electron chi connectivity index (χ1n) is 10.1. The third-order valence-corrected chi connectivity index (χ3v) is 5.39. The van der Waals surface area contributed by atoms with Crippen molar-refractivity contribution in [3.63, 3.8) is 0 Å². The number of fused-ring (bicyclic) bond motifs is 1. The number of benzene rings is 3. The molecule has 0 aliphatic rings. The molecule has 0 radical (unpaired) electrons. The van der Waals surface area contributed by atoms with E-state index in [-0.39, 0.29) is 5.91 Å². The van der Waals surface area contributed by atoms with E-state index in [4.69, 9.17) is 9.94 Å². The predicted octanol–water partition coefficient (Wildman–Crippen LogP) is 5.26. The molecule has 4 rings (SSSR count). The summed E-state index contributed by atoms with van der Waals surface area (Å²) in [4.78, 5) is 12.6. The van der Waals surface area contributed by atoms with Gasteiger partial charge in [0.25, 0.3) is 5.91 Å². The number of ether oxygens (including phenoxy) is 1. The van der Waals surface area contributed by atoms with Gasteiger partial charge in [-0.1, -0.05) is 12.1 Å². The lowest BCUT2D eigenvalue weighted by Crippen LogP contribution is -2.11. The normalized spacial score (nSPS) is 10.6. The molecule has 0 bridgehead atoms. The SMILES string of the molecule is CCn1c(-c2ccc(C(=O)Nc3ccc(NO)cc3)cc2)c(C#N)c2ccc(OC)cc21. The molecule has 7 heteroatoms. The second kappa shape index (κ2) is 8.84. The maximum atomic E-state index is 12.6. The lowest BCUT2D eigenvalue weighted by molar-refractivity contribution is 0.102. The summed E-state index contributed by atoms with van der Waals surface area (Å²) in [7, 11) is 1.62. The van der Waals surface area contributed by atoms with Gasteiger partial charge in [0.2, 0.25) is 0 Å². The fourth-order valence-corrected chi connectivity index (χ4v) is 3.81. The zero-order valence-corrected chi connectivity index (χ0v) is 17.7. The predicted molar refractivity (Wildman–Crippen MR) is 124 cm³/mol. The standard InChI is InChI=1S/C25H22N4O3/c1-3-29-23-14-20(32-2)12-13-21(23)22(15-26)24(29)16-4-6-17(7-5-16)25(30)27-18-8-10-19(28-31)11-9-18/h4-14,28,31H,3H2,1-2H3,(H,27,30). The molecule has 0 saturated carbocycles. The van der Waals surface area contributed by atoms with Crippen molar-refractivity contribution in [2.75, 3.05) is 17.9 Å². The van der Waals surface area contributed by atoms with Crippen molar-refractivity contribution in [1.29, 1.82) is 5.26 Å². The Kier molecular flexibility index (Phi) is 5.79. The van der Waals surface area contributed by atoms with Crippen molar-refractivity contribution in [3.05, 3.63) is 77.9 Å². The summed E-state index contributed by atoms with van der Waals surface area (Å²) < 4.78 is 7.44. The Morgan fingerprint density at radius 3 is 2.34 bits per heavy atom. The fraction of sp³-hybridized carbons (Fsp3) is 0.120. The number of aromatic nitrogens is 1. The Hall–Kier alpha value is -4.28. The molecule has 4 aromatic rings. The molecule has 1 aromatic heterocycles. The molecule has 1 heterocycles. The number of anilines is 2. The van der Waals surface area contributed by atoms with E-state index in [9.17, 15) is 10.1 Å². The quantitative estimate of drug-likeness (QED) is 0.365. The van der Waals surface area contributed by atoms with Gasteiger partial charge in [-0.05, 0) is 61.0 Å². The average Bonchev–Trinajstić information content (AvgIpc) is 3.17. The smallest absolute Gasteiger partial charge is 0.255 e. The Morgan fingerprint density at radius 2 is 1.75 bits per heavy atom. The van der Waals surface area contributed by atoms with Crippen LogP contribution in [0.25, 0.3) is 22.2 Å². The number of nitrogens with one attached hydrogen (secondary N) is 2. The van der Waals surface area contributed by atoms with Crippen LogP contribution < -0.4 is 15.5 Å². The van der Waals surface area contributed by atoms with Crippen molar-refractivity contribution in [3.8, 4) is 23.1 Å². The molecule has 3 aromatic carbocycles. The first-order valence-corrected chi connectivity index (χ1v) is 10.1. The van der Waals surface area contributed by atoms with Gasteiger partial charge in [-0.2, -0.15) is 5.26 Å². The second-order valence-electron chi connectivity index (χ2n) is 7.18. The summed E-state index contributed by atoms with van der Waals surface area (Å²) in [6, 6.07) is 21.9. The van der Waals surface area contributed by atoms with Crippen LogP contribution in [-0.2, 0) is 6.54 Å². The van der Waals surface area contributed by atoms with Crippen molar-refractivity contribution >= 4 is 28.2 Å². The summed E-state index contributed by atoms with van der Waals surface area (Å²) in [5, 5.41) is 22.5. The van der Waals surface area contributed by atoms with Gasteiger partial charge in [0.05, 0.1) is 29.6 Å². The van der Waals surface area contributed by atoms with Crippen LogP contribution in [-0.4, -0.2) is 22.8 Å². The minimum atomic E-state index is -0.248. The van der Waals surface area contributed by atoms with E-state index in [1.54, 1.807) is 43.5 Å². The molecule has 160 valence electrons. The number of hydrogen-bond donors (Lipinski definition) is 3. The molecule has 0 atom stereocenters. The molecule has 7 nitrogen and oxygen atoms in total. The Labute approximate surface area is 185 Å². The molecular formula is C25H22N4O3. The minimum Gasteiger partial charge on any atom is -0.497 e. The van der Waals surface area contributed by atoms with Crippen LogP contribution in [0.5, 0.6) is 5.75 Å². The summed E-state index contributed by atoms with van der Waals surface area (Å²) >= 11 is 0. The molecule has 0 fully saturated rings. The van der Waals surface area contributed by atoms with Gasteiger partial charge >= 0.3 is 0 Å². The zero-order valence-electron chi connectivity index (χ0n) is 17.7. The van der Waals surface area contributed by atoms with Crippen LogP contribution in [0.1, 0.15) is 22.8 Å².